The number of aryl methyl sites for hydroxylation is 1. The van der Waals surface area contributed by atoms with Gasteiger partial charge in [-0.3, -0.25) is 0 Å². The molecule has 0 radical (unpaired) electrons. The highest BCUT2D eigenvalue weighted by atomic mass is 79.9. The highest BCUT2D eigenvalue weighted by molar-refractivity contribution is 9.10. The van der Waals surface area contributed by atoms with Gasteiger partial charge in [-0.05, 0) is 49.6 Å². The van der Waals surface area contributed by atoms with Crippen molar-refractivity contribution < 1.29 is 0 Å². The summed E-state index contributed by atoms with van der Waals surface area (Å²) >= 11 is 3.63. The van der Waals surface area contributed by atoms with Crippen LogP contribution in [0.4, 0.5) is 0 Å². The van der Waals surface area contributed by atoms with Gasteiger partial charge in [0.1, 0.15) is 0 Å². The Balaban J connectivity index is 2.56. The summed E-state index contributed by atoms with van der Waals surface area (Å²) in [7, 11) is 0. The molecule has 1 aliphatic heterocycles. The van der Waals surface area contributed by atoms with E-state index in [1.807, 2.05) is 0 Å². The predicted octanol–water partition coefficient (Wildman–Crippen LogP) is 2.96. The van der Waals surface area contributed by atoms with Crippen LogP contribution in [0.1, 0.15) is 29.7 Å². The average Bonchev–Trinajstić information content (AvgIpc) is 2.07. The van der Waals surface area contributed by atoms with E-state index in [2.05, 4.69) is 47.2 Å². The van der Waals surface area contributed by atoms with Gasteiger partial charge in [0, 0.05) is 10.5 Å². The molecule has 0 spiro atoms. The maximum absolute atomic E-state index is 3.63. The van der Waals surface area contributed by atoms with Crippen LogP contribution in [0.15, 0.2) is 16.6 Å². The summed E-state index contributed by atoms with van der Waals surface area (Å²) < 4.78 is 1.27. The highest BCUT2D eigenvalue weighted by Gasteiger charge is 2.17. The number of benzene rings is 1. The summed E-state index contributed by atoms with van der Waals surface area (Å²) in [5, 5.41) is 3.47. The van der Waals surface area contributed by atoms with Crippen LogP contribution in [-0.2, 0) is 6.42 Å². The second-order valence-electron chi connectivity index (χ2n) is 3.74. The minimum Gasteiger partial charge on any atom is -0.310 e. The summed E-state index contributed by atoms with van der Waals surface area (Å²) in [6.45, 7) is 5.46. The summed E-state index contributed by atoms with van der Waals surface area (Å²) in [5.74, 6) is 0. The van der Waals surface area contributed by atoms with E-state index in [4.69, 9.17) is 0 Å². The molecule has 0 aliphatic carbocycles. The molecule has 0 bridgehead atoms. The zero-order valence-electron chi connectivity index (χ0n) is 8.02. The average molecular weight is 240 g/mol. The molecular weight excluding hydrogens is 226 g/mol. The van der Waals surface area contributed by atoms with Crippen LogP contribution in [0.2, 0.25) is 0 Å². The van der Waals surface area contributed by atoms with Crippen LogP contribution in [-0.4, -0.2) is 6.54 Å². The van der Waals surface area contributed by atoms with E-state index >= 15 is 0 Å². The lowest BCUT2D eigenvalue weighted by Gasteiger charge is -2.25. The normalized spacial score (nSPS) is 21.3. The number of halogens is 1. The minimum absolute atomic E-state index is 0.500. The summed E-state index contributed by atoms with van der Waals surface area (Å²) in [6.07, 6.45) is 1.14. The van der Waals surface area contributed by atoms with Crippen molar-refractivity contribution in [3.05, 3.63) is 33.3 Å². The van der Waals surface area contributed by atoms with Crippen molar-refractivity contribution in [2.75, 3.05) is 6.54 Å². The van der Waals surface area contributed by atoms with Crippen molar-refractivity contribution in [1.29, 1.82) is 0 Å². The van der Waals surface area contributed by atoms with Gasteiger partial charge in [0.15, 0.2) is 0 Å². The lowest BCUT2D eigenvalue weighted by Crippen LogP contribution is -2.28. The Labute approximate surface area is 87.7 Å². The molecule has 1 aromatic carbocycles. The molecule has 1 aliphatic rings. The fourth-order valence-corrected chi connectivity index (χ4v) is 2.76. The Morgan fingerprint density at radius 3 is 3.00 bits per heavy atom. The SMILES string of the molecule is Cc1cc(Br)c2c(c1)C(C)NCC2. The fourth-order valence-electron chi connectivity index (χ4n) is 1.97. The molecular formula is C11H14BrN. The Morgan fingerprint density at radius 1 is 1.46 bits per heavy atom. The van der Waals surface area contributed by atoms with Gasteiger partial charge in [-0.2, -0.15) is 0 Å². The first kappa shape index (κ1) is 9.22. The van der Waals surface area contributed by atoms with E-state index in [-0.39, 0.29) is 0 Å². The van der Waals surface area contributed by atoms with E-state index < -0.39 is 0 Å². The maximum atomic E-state index is 3.63. The number of hydrogen-bond acceptors (Lipinski definition) is 1. The molecule has 13 heavy (non-hydrogen) atoms. The van der Waals surface area contributed by atoms with Gasteiger partial charge in [-0.25, -0.2) is 0 Å². The van der Waals surface area contributed by atoms with Gasteiger partial charge >= 0.3 is 0 Å². The Kier molecular flexibility index (Phi) is 2.43. The maximum Gasteiger partial charge on any atom is 0.0295 e. The molecule has 0 saturated carbocycles. The quantitative estimate of drug-likeness (QED) is 0.735. The fraction of sp³-hybridized carbons (Fsp3) is 0.455. The lowest BCUT2D eigenvalue weighted by molar-refractivity contribution is 0.539. The standard InChI is InChI=1S/C11H14BrN/c1-7-5-10-8(2)13-4-3-9(10)11(12)6-7/h5-6,8,13H,3-4H2,1-2H3. The van der Waals surface area contributed by atoms with Crippen molar-refractivity contribution in [3.8, 4) is 0 Å². The van der Waals surface area contributed by atoms with Crippen LogP contribution in [0, 0.1) is 6.92 Å². The summed E-state index contributed by atoms with van der Waals surface area (Å²) in [5.41, 5.74) is 4.27. The molecule has 70 valence electrons. The predicted molar refractivity (Wildman–Crippen MR) is 59.0 cm³/mol. The van der Waals surface area contributed by atoms with E-state index in [1.165, 1.54) is 21.2 Å². The smallest absolute Gasteiger partial charge is 0.0295 e. The monoisotopic (exact) mass is 239 g/mol. The number of rotatable bonds is 0. The van der Waals surface area contributed by atoms with Crippen molar-refractivity contribution in [2.24, 2.45) is 0 Å². The van der Waals surface area contributed by atoms with Gasteiger partial charge in [-0.15, -0.1) is 0 Å². The third kappa shape index (κ3) is 1.65. The van der Waals surface area contributed by atoms with E-state index in [9.17, 15) is 0 Å². The van der Waals surface area contributed by atoms with Crippen LogP contribution >= 0.6 is 15.9 Å². The second kappa shape index (κ2) is 3.43. The zero-order chi connectivity index (χ0) is 9.42. The molecule has 1 aromatic rings. The summed E-state index contributed by atoms with van der Waals surface area (Å²) in [4.78, 5) is 0. The summed E-state index contributed by atoms with van der Waals surface area (Å²) in [6, 6.07) is 4.99. The first-order valence-corrected chi connectivity index (χ1v) is 5.50. The lowest BCUT2D eigenvalue weighted by atomic mass is 9.94. The Hall–Kier alpha value is -0.340. The third-order valence-corrected chi connectivity index (χ3v) is 3.37. The van der Waals surface area contributed by atoms with Gasteiger partial charge in [-0.1, -0.05) is 22.0 Å². The third-order valence-electron chi connectivity index (χ3n) is 2.67. The van der Waals surface area contributed by atoms with Crippen LogP contribution in [0.25, 0.3) is 0 Å². The van der Waals surface area contributed by atoms with E-state index in [0.29, 0.717) is 6.04 Å². The number of hydrogen-bond donors (Lipinski definition) is 1. The van der Waals surface area contributed by atoms with Crippen molar-refractivity contribution in [1.82, 2.24) is 5.32 Å². The topological polar surface area (TPSA) is 12.0 Å². The molecule has 1 nitrogen and oxygen atoms in total. The largest absolute Gasteiger partial charge is 0.310 e. The first-order valence-electron chi connectivity index (χ1n) is 4.71. The molecule has 1 N–H and O–H groups in total. The molecule has 1 heterocycles. The van der Waals surface area contributed by atoms with Crippen molar-refractivity contribution in [2.45, 2.75) is 26.3 Å². The number of fused-ring (bicyclic) bond motifs is 1. The number of nitrogens with one attached hydrogen (secondary N) is 1. The zero-order valence-corrected chi connectivity index (χ0v) is 9.61. The van der Waals surface area contributed by atoms with Gasteiger partial charge in [0.05, 0.1) is 0 Å². The molecule has 1 unspecified atom stereocenters. The Morgan fingerprint density at radius 2 is 2.23 bits per heavy atom. The highest BCUT2D eigenvalue weighted by Crippen LogP contribution is 2.30. The Bertz CT molecular complexity index is 333. The molecule has 2 heteroatoms. The molecule has 0 amide bonds. The molecule has 2 rings (SSSR count). The van der Waals surface area contributed by atoms with Gasteiger partial charge in [0.2, 0.25) is 0 Å². The van der Waals surface area contributed by atoms with E-state index in [1.54, 1.807) is 0 Å². The van der Waals surface area contributed by atoms with Gasteiger partial charge in [0.25, 0.3) is 0 Å². The first-order chi connectivity index (χ1) is 6.18. The van der Waals surface area contributed by atoms with Gasteiger partial charge < -0.3 is 5.32 Å². The minimum atomic E-state index is 0.500. The van der Waals surface area contributed by atoms with Crippen LogP contribution in [0.5, 0.6) is 0 Å². The second-order valence-corrected chi connectivity index (χ2v) is 4.59. The van der Waals surface area contributed by atoms with Crippen LogP contribution in [0.3, 0.4) is 0 Å². The molecule has 0 saturated heterocycles. The molecule has 0 aromatic heterocycles. The molecule has 1 atom stereocenters. The van der Waals surface area contributed by atoms with Crippen molar-refractivity contribution >= 4 is 15.9 Å². The van der Waals surface area contributed by atoms with E-state index in [0.717, 1.165) is 13.0 Å². The van der Waals surface area contributed by atoms with Crippen LogP contribution < -0.4 is 5.32 Å². The van der Waals surface area contributed by atoms with Crippen molar-refractivity contribution in [3.63, 3.8) is 0 Å². The molecule has 0 fully saturated rings.